The molecule has 0 aromatic rings. The molecule has 0 spiro atoms. The second-order valence-corrected chi connectivity index (χ2v) is 2.61. The molecule has 0 atom stereocenters. The van der Waals surface area contributed by atoms with Crippen LogP contribution >= 0.6 is 0 Å². The van der Waals surface area contributed by atoms with Crippen molar-refractivity contribution in [3.8, 4) is 6.07 Å². The van der Waals surface area contributed by atoms with Crippen molar-refractivity contribution in [1.82, 2.24) is 0 Å². The zero-order valence-corrected chi connectivity index (χ0v) is 5.89. The van der Waals surface area contributed by atoms with Crippen LogP contribution in [0.4, 0.5) is 0 Å². The predicted octanol–water partition coefficient (Wildman–Crippen LogP) is 0.853. The summed E-state index contributed by atoms with van der Waals surface area (Å²) in [6, 6.07) is 1.98. The van der Waals surface area contributed by atoms with Crippen molar-refractivity contribution in [2.45, 2.75) is 19.3 Å². The van der Waals surface area contributed by atoms with E-state index in [9.17, 15) is 4.79 Å². The average molecular weight is 139 g/mol. The molecule has 0 heterocycles. The Kier molecular flexibility index (Phi) is 1.62. The molecule has 1 rings (SSSR count). The van der Waals surface area contributed by atoms with Gasteiger partial charge in [0.25, 0.3) is 0 Å². The van der Waals surface area contributed by atoms with Gasteiger partial charge in [-0.25, -0.2) is 0 Å². The molecule has 3 nitrogen and oxygen atoms in total. The Morgan fingerprint density at radius 2 is 2.40 bits per heavy atom. The Morgan fingerprint density at radius 3 is 2.70 bits per heavy atom. The molecule has 54 valence electrons. The van der Waals surface area contributed by atoms with Gasteiger partial charge >= 0.3 is 5.97 Å². The van der Waals surface area contributed by atoms with E-state index in [2.05, 4.69) is 4.74 Å². The van der Waals surface area contributed by atoms with Gasteiger partial charge < -0.3 is 4.74 Å². The normalized spacial score (nSPS) is 19.2. The van der Waals surface area contributed by atoms with Crippen molar-refractivity contribution >= 4 is 5.97 Å². The summed E-state index contributed by atoms with van der Waals surface area (Å²) in [5.41, 5.74) is -0.413. The molecule has 0 saturated heterocycles. The lowest BCUT2D eigenvalue weighted by molar-refractivity contribution is -0.146. The molecule has 0 aromatic heterocycles. The zero-order valence-electron chi connectivity index (χ0n) is 5.89. The van der Waals surface area contributed by atoms with E-state index in [1.165, 1.54) is 7.11 Å². The number of esters is 1. The Bertz CT molecular complexity index is 188. The SMILES string of the molecule is COC(=O)C1(CC#N)CC1. The molecule has 0 radical (unpaired) electrons. The minimum atomic E-state index is -0.413. The molecule has 10 heavy (non-hydrogen) atoms. The molecular formula is C7H9NO2. The van der Waals surface area contributed by atoms with Crippen LogP contribution in [0.15, 0.2) is 0 Å². The zero-order chi connectivity index (χ0) is 7.61. The molecule has 0 N–H and O–H groups in total. The van der Waals surface area contributed by atoms with E-state index in [4.69, 9.17) is 5.26 Å². The molecular weight excluding hydrogens is 130 g/mol. The maximum atomic E-state index is 10.9. The van der Waals surface area contributed by atoms with Crippen molar-refractivity contribution < 1.29 is 9.53 Å². The highest BCUT2D eigenvalue weighted by Crippen LogP contribution is 2.49. The lowest BCUT2D eigenvalue weighted by Gasteiger charge is -2.05. The standard InChI is InChI=1S/C7H9NO2/c1-10-6(9)7(2-3-7)4-5-8/h2-4H2,1H3. The second-order valence-electron chi connectivity index (χ2n) is 2.61. The number of hydrogen-bond acceptors (Lipinski definition) is 3. The van der Waals surface area contributed by atoms with Gasteiger partial charge in [-0.2, -0.15) is 5.26 Å². The maximum Gasteiger partial charge on any atom is 0.312 e. The van der Waals surface area contributed by atoms with Crippen molar-refractivity contribution in [1.29, 1.82) is 5.26 Å². The monoisotopic (exact) mass is 139 g/mol. The molecule has 0 bridgehead atoms. The van der Waals surface area contributed by atoms with Crippen LogP contribution < -0.4 is 0 Å². The van der Waals surface area contributed by atoms with Crippen LogP contribution in [0.5, 0.6) is 0 Å². The van der Waals surface area contributed by atoms with Gasteiger partial charge in [-0.15, -0.1) is 0 Å². The molecule has 1 aliphatic rings. The average Bonchev–Trinajstić information content (AvgIpc) is 2.69. The lowest BCUT2D eigenvalue weighted by Crippen LogP contribution is -2.16. The van der Waals surface area contributed by atoms with E-state index < -0.39 is 5.41 Å². The van der Waals surface area contributed by atoms with Gasteiger partial charge in [0.2, 0.25) is 0 Å². The fourth-order valence-electron chi connectivity index (χ4n) is 0.972. The Morgan fingerprint density at radius 1 is 1.80 bits per heavy atom. The summed E-state index contributed by atoms with van der Waals surface area (Å²) in [6.07, 6.45) is 1.93. The van der Waals surface area contributed by atoms with E-state index in [0.717, 1.165) is 12.8 Å². The third kappa shape index (κ3) is 0.971. The van der Waals surface area contributed by atoms with Crippen LogP contribution in [-0.4, -0.2) is 13.1 Å². The Labute approximate surface area is 59.6 Å². The topological polar surface area (TPSA) is 50.1 Å². The first-order valence-electron chi connectivity index (χ1n) is 3.20. The largest absolute Gasteiger partial charge is 0.469 e. The molecule has 0 aliphatic heterocycles. The molecule has 1 fully saturated rings. The first-order chi connectivity index (χ1) is 4.75. The van der Waals surface area contributed by atoms with Gasteiger partial charge in [0, 0.05) is 0 Å². The van der Waals surface area contributed by atoms with Crippen LogP contribution in [0.3, 0.4) is 0 Å². The fraction of sp³-hybridized carbons (Fsp3) is 0.714. The number of carbonyl (C=O) groups excluding carboxylic acids is 1. The number of methoxy groups -OCH3 is 1. The number of carbonyl (C=O) groups is 1. The van der Waals surface area contributed by atoms with E-state index in [-0.39, 0.29) is 5.97 Å². The minimum Gasteiger partial charge on any atom is -0.469 e. The van der Waals surface area contributed by atoms with E-state index in [1.807, 2.05) is 6.07 Å². The van der Waals surface area contributed by atoms with Gasteiger partial charge in [-0.05, 0) is 12.8 Å². The third-order valence-electron chi connectivity index (χ3n) is 1.89. The fourth-order valence-corrected chi connectivity index (χ4v) is 0.972. The smallest absolute Gasteiger partial charge is 0.312 e. The molecule has 1 saturated carbocycles. The molecule has 0 amide bonds. The van der Waals surface area contributed by atoms with Crippen molar-refractivity contribution in [3.63, 3.8) is 0 Å². The van der Waals surface area contributed by atoms with E-state index in [1.54, 1.807) is 0 Å². The van der Waals surface area contributed by atoms with Crippen LogP contribution in [0.1, 0.15) is 19.3 Å². The summed E-state index contributed by atoms with van der Waals surface area (Å²) in [5.74, 6) is -0.228. The van der Waals surface area contributed by atoms with Gasteiger partial charge in [0.1, 0.15) is 0 Å². The number of rotatable bonds is 2. The number of hydrogen-bond donors (Lipinski definition) is 0. The van der Waals surface area contributed by atoms with Crippen molar-refractivity contribution in [2.75, 3.05) is 7.11 Å². The molecule has 3 heteroatoms. The lowest BCUT2D eigenvalue weighted by atomic mass is 10.0. The molecule has 1 aliphatic carbocycles. The Balaban J connectivity index is 2.53. The van der Waals surface area contributed by atoms with E-state index >= 15 is 0 Å². The Hall–Kier alpha value is -1.04. The summed E-state index contributed by atoms with van der Waals surface area (Å²) < 4.78 is 4.54. The minimum absolute atomic E-state index is 0.228. The van der Waals surface area contributed by atoms with Gasteiger partial charge in [-0.1, -0.05) is 0 Å². The predicted molar refractivity (Wildman–Crippen MR) is 33.9 cm³/mol. The maximum absolute atomic E-state index is 10.9. The van der Waals surface area contributed by atoms with Crippen molar-refractivity contribution in [3.05, 3.63) is 0 Å². The van der Waals surface area contributed by atoms with Gasteiger partial charge in [-0.3, -0.25) is 4.79 Å². The highest BCUT2D eigenvalue weighted by molar-refractivity contribution is 5.80. The van der Waals surface area contributed by atoms with Gasteiger partial charge in [0.15, 0.2) is 0 Å². The van der Waals surface area contributed by atoms with E-state index in [0.29, 0.717) is 6.42 Å². The summed E-state index contributed by atoms with van der Waals surface area (Å²) in [6.45, 7) is 0. The first kappa shape index (κ1) is 7.07. The van der Waals surface area contributed by atoms with Gasteiger partial charge in [0.05, 0.1) is 25.0 Å². The number of nitriles is 1. The first-order valence-corrected chi connectivity index (χ1v) is 3.20. The highest BCUT2D eigenvalue weighted by Gasteiger charge is 2.50. The highest BCUT2D eigenvalue weighted by atomic mass is 16.5. The molecule has 0 unspecified atom stereocenters. The third-order valence-corrected chi connectivity index (χ3v) is 1.89. The summed E-state index contributed by atoms with van der Waals surface area (Å²) >= 11 is 0. The molecule has 0 aromatic carbocycles. The van der Waals surface area contributed by atoms with Crippen LogP contribution in [0.2, 0.25) is 0 Å². The van der Waals surface area contributed by atoms with Crippen LogP contribution in [-0.2, 0) is 9.53 Å². The second kappa shape index (κ2) is 2.30. The summed E-state index contributed by atoms with van der Waals surface area (Å²) in [7, 11) is 1.36. The van der Waals surface area contributed by atoms with Crippen LogP contribution in [0, 0.1) is 16.7 Å². The van der Waals surface area contributed by atoms with Crippen LogP contribution in [0.25, 0.3) is 0 Å². The van der Waals surface area contributed by atoms with Crippen molar-refractivity contribution in [2.24, 2.45) is 5.41 Å². The quantitative estimate of drug-likeness (QED) is 0.533. The number of ether oxygens (including phenoxy) is 1. The number of nitrogens with zero attached hydrogens (tertiary/aromatic N) is 1. The summed E-state index contributed by atoms with van der Waals surface area (Å²) in [5, 5.41) is 8.33. The summed E-state index contributed by atoms with van der Waals surface area (Å²) in [4.78, 5) is 10.9.